The number of nitrogens with zero attached hydrogens (tertiary/aromatic N) is 1. The molecule has 4 N–H and O–H groups in total. The van der Waals surface area contributed by atoms with Crippen molar-refractivity contribution >= 4 is 38.8 Å². The number of hydroxylamine groups is 1. The van der Waals surface area contributed by atoms with Gasteiger partial charge < -0.3 is 10.1 Å². The predicted molar refractivity (Wildman–Crippen MR) is 100 cm³/mol. The zero-order chi connectivity index (χ0) is 18.1. The van der Waals surface area contributed by atoms with Gasteiger partial charge in [0.1, 0.15) is 10.9 Å². The lowest BCUT2D eigenvalue weighted by Gasteiger charge is -2.11. The van der Waals surface area contributed by atoms with Crippen molar-refractivity contribution in [1.82, 2.24) is 4.98 Å². The molecule has 0 bridgehead atoms. The molecule has 1 aliphatic carbocycles. The van der Waals surface area contributed by atoms with Crippen molar-refractivity contribution in [3.63, 3.8) is 0 Å². The molecule has 1 aliphatic rings. The SMILES string of the molecule is CCOC(=O)c1sc2cnccc2c1Nc1ccc2c(c1)CCC2[NH2+]O. The topological polar surface area (TPSA) is 88.1 Å². The number of rotatable bonds is 5. The van der Waals surface area contributed by atoms with E-state index in [0.717, 1.165) is 34.3 Å². The average molecular weight is 370 g/mol. The Balaban J connectivity index is 1.73. The summed E-state index contributed by atoms with van der Waals surface area (Å²) in [5.41, 5.74) is 5.35. The second-order valence-electron chi connectivity index (χ2n) is 6.23. The highest BCUT2D eigenvalue weighted by Gasteiger charge is 2.26. The quantitative estimate of drug-likeness (QED) is 0.474. The maximum Gasteiger partial charge on any atom is 0.350 e. The zero-order valence-corrected chi connectivity index (χ0v) is 15.2. The van der Waals surface area contributed by atoms with Crippen LogP contribution in [0.2, 0.25) is 0 Å². The number of nitrogens with two attached hydrogens (primary N) is 1. The van der Waals surface area contributed by atoms with Crippen LogP contribution >= 0.6 is 11.3 Å². The number of aryl methyl sites for hydroxylation is 1. The molecule has 0 radical (unpaired) electrons. The van der Waals surface area contributed by atoms with Crippen molar-refractivity contribution in [3.8, 4) is 0 Å². The Kier molecular flexibility index (Phi) is 4.58. The molecule has 26 heavy (non-hydrogen) atoms. The van der Waals surface area contributed by atoms with Crippen LogP contribution in [0.5, 0.6) is 0 Å². The number of ether oxygens (including phenoxy) is 1. The molecular weight excluding hydrogens is 350 g/mol. The monoisotopic (exact) mass is 370 g/mol. The molecule has 1 aromatic carbocycles. The van der Waals surface area contributed by atoms with E-state index in [-0.39, 0.29) is 12.0 Å². The van der Waals surface area contributed by atoms with Crippen LogP contribution in [0.25, 0.3) is 10.1 Å². The summed E-state index contributed by atoms with van der Waals surface area (Å²) in [6, 6.07) is 8.14. The summed E-state index contributed by atoms with van der Waals surface area (Å²) >= 11 is 1.38. The smallest absolute Gasteiger partial charge is 0.350 e. The highest BCUT2D eigenvalue weighted by molar-refractivity contribution is 7.21. The number of nitrogens with one attached hydrogen (secondary N) is 1. The third kappa shape index (κ3) is 2.94. The molecule has 0 saturated carbocycles. The number of quaternary nitrogens is 1. The van der Waals surface area contributed by atoms with Gasteiger partial charge in [0.05, 0.1) is 17.0 Å². The van der Waals surface area contributed by atoms with E-state index < -0.39 is 0 Å². The van der Waals surface area contributed by atoms with Crippen LogP contribution in [-0.4, -0.2) is 22.8 Å². The average Bonchev–Trinajstić information content (AvgIpc) is 3.23. The molecule has 1 atom stereocenters. The molecular formula is C19H20N3O3S+. The molecule has 0 fully saturated rings. The van der Waals surface area contributed by atoms with E-state index in [1.54, 1.807) is 19.3 Å². The van der Waals surface area contributed by atoms with Crippen molar-refractivity contribution in [3.05, 3.63) is 52.7 Å². The fourth-order valence-electron chi connectivity index (χ4n) is 3.44. The number of hydrogen-bond donors (Lipinski definition) is 3. The summed E-state index contributed by atoms with van der Waals surface area (Å²) in [5.74, 6) is -0.327. The van der Waals surface area contributed by atoms with Crippen molar-refractivity contribution in [2.24, 2.45) is 0 Å². The highest BCUT2D eigenvalue weighted by Crippen LogP contribution is 2.38. The first-order valence-corrected chi connectivity index (χ1v) is 9.44. The van der Waals surface area contributed by atoms with E-state index in [1.165, 1.54) is 27.9 Å². The molecule has 6 nitrogen and oxygen atoms in total. The van der Waals surface area contributed by atoms with E-state index in [0.29, 0.717) is 11.5 Å². The van der Waals surface area contributed by atoms with Gasteiger partial charge in [-0.15, -0.1) is 11.3 Å². The third-order valence-corrected chi connectivity index (χ3v) is 5.79. The first-order chi connectivity index (χ1) is 12.7. The molecule has 3 aromatic rings. The van der Waals surface area contributed by atoms with Crippen LogP contribution in [0, 0.1) is 0 Å². The van der Waals surface area contributed by atoms with E-state index >= 15 is 0 Å². The molecule has 2 heterocycles. The second-order valence-corrected chi connectivity index (χ2v) is 7.28. The van der Waals surface area contributed by atoms with Crippen molar-refractivity contribution in [2.45, 2.75) is 25.8 Å². The standard InChI is InChI=1S/C19H19N3O3S/c1-2-25-19(23)18-17(14-7-8-20-10-16(14)26-18)21-12-4-5-13-11(9-12)3-6-15(13)22-24/h4-5,7-10,15,21-22,24H,2-3,6H2,1H3/p+1. The summed E-state index contributed by atoms with van der Waals surface area (Å²) in [7, 11) is 0. The molecule has 1 unspecified atom stereocenters. The maximum atomic E-state index is 12.4. The van der Waals surface area contributed by atoms with Crippen LogP contribution < -0.4 is 10.8 Å². The zero-order valence-electron chi connectivity index (χ0n) is 14.4. The fraction of sp³-hybridized carbons (Fsp3) is 0.263. The number of fused-ring (bicyclic) bond motifs is 2. The van der Waals surface area contributed by atoms with Gasteiger partial charge >= 0.3 is 5.97 Å². The molecule has 4 rings (SSSR count). The fourth-order valence-corrected chi connectivity index (χ4v) is 4.46. The van der Waals surface area contributed by atoms with Gasteiger partial charge in [-0.05, 0) is 37.1 Å². The molecule has 0 amide bonds. The number of anilines is 2. The number of aromatic nitrogens is 1. The molecule has 0 spiro atoms. The number of esters is 1. The summed E-state index contributed by atoms with van der Waals surface area (Å²) in [5, 5.41) is 13.7. The van der Waals surface area contributed by atoms with Gasteiger partial charge in [0.2, 0.25) is 0 Å². The normalized spacial score (nSPS) is 15.8. The van der Waals surface area contributed by atoms with Crippen molar-refractivity contribution in [2.75, 3.05) is 11.9 Å². The summed E-state index contributed by atoms with van der Waals surface area (Å²) in [6.07, 6.45) is 5.35. The van der Waals surface area contributed by atoms with Crippen molar-refractivity contribution < 1.29 is 20.2 Å². The Morgan fingerprint density at radius 1 is 1.46 bits per heavy atom. The minimum atomic E-state index is -0.327. The Labute approximate surface area is 154 Å². The van der Waals surface area contributed by atoms with Gasteiger partial charge in [0, 0.05) is 35.5 Å². The lowest BCUT2D eigenvalue weighted by Crippen LogP contribution is -2.81. The molecule has 7 heteroatoms. The number of carbonyl (C=O) groups is 1. The van der Waals surface area contributed by atoms with E-state index in [2.05, 4.69) is 16.4 Å². The van der Waals surface area contributed by atoms with Gasteiger partial charge in [-0.25, -0.2) is 10.0 Å². The minimum Gasteiger partial charge on any atom is -0.462 e. The lowest BCUT2D eigenvalue weighted by molar-refractivity contribution is -0.915. The number of thiophene rings is 1. The number of hydrogen-bond acceptors (Lipinski definition) is 6. The molecule has 134 valence electrons. The lowest BCUT2D eigenvalue weighted by atomic mass is 10.1. The first-order valence-electron chi connectivity index (χ1n) is 8.62. The highest BCUT2D eigenvalue weighted by atomic mass is 32.1. The van der Waals surface area contributed by atoms with E-state index in [1.807, 2.05) is 18.2 Å². The van der Waals surface area contributed by atoms with Crippen LogP contribution in [0.3, 0.4) is 0 Å². The maximum absolute atomic E-state index is 12.4. The Hall–Kier alpha value is -2.48. The van der Waals surface area contributed by atoms with E-state index in [4.69, 9.17) is 4.74 Å². The van der Waals surface area contributed by atoms with Gasteiger partial charge in [-0.3, -0.25) is 4.98 Å². The summed E-state index contributed by atoms with van der Waals surface area (Å²) in [6.45, 7) is 2.14. The summed E-state index contributed by atoms with van der Waals surface area (Å²) in [4.78, 5) is 17.1. The third-order valence-electron chi connectivity index (χ3n) is 4.67. The Morgan fingerprint density at radius 2 is 2.35 bits per heavy atom. The van der Waals surface area contributed by atoms with Crippen LogP contribution in [0.4, 0.5) is 11.4 Å². The number of benzene rings is 1. The van der Waals surface area contributed by atoms with Gasteiger partial charge in [-0.1, -0.05) is 6.07 Å². The molecule has 2 aromatic heterocycles. The first kappa shape index (κ1) is 17.0. The largest absolute Gasteiger partial charge is 0.462 e. The number of carbonyl (C=O) groups excluding carboxylic acids is 1. The van der Waals surface area contributed by atoms with Crippen LogP contribution in [-0.2, 0) is 11.2 Å². The van der Waals surface area contributed by atoms with E-state index in [9.17, 15) is 10.0 Å². The van der Waals surface area contributed by atoms with Gasteiger partial charge in [-0.2, -0.15) is 5.48 Å². The minimum absolute atomic E-state index is 0.113. The Bertz CT molecular complexity index is 970. The number of pyridine rings is 1. The molecule has 0 saturated heterocycles. The van der Waals surface area contributed by atoms with Gasteiger partial charge in [0.25, 0.3) is 0 Å². The van der Waals surface area contributed by atoms with Gasteiger partial charge in [0.15, 0.2) is 0 Å². The van der Waals surface area contributed by atoms with Crippen LogP contribution in [0.15, 0.2) is 36.7 Å². The summed E-state index contributed by atoms with van der Waals surface area (Å²) < 4.78 is 6.16. The second kappa shape index (κ2) is 7.03. The predicted octanol–water partition coefficient (Wildman–Crippen LogP) is 3.16. The van der Waals surface area contributed by atoms with Crippen LogP contribution in [0.1, 0.15) is 40.2 Å². The Morgan fingerprint density at radius 3 is 3.15 bits per heavy atom. The molecule has 0 aliphatic heterocycles. The van der Waals surface area contributed by atoms with Crippen molar-refractivity contribution in [1.29, 1.82) is 0 Å².